The molecule has 1 aromatic rings. The average Bonchev–Trinajstić information content (AvgIpc) is 2.29. The van der Waals surface area contributed by atoms with Gasteiger partial charge in [0.25, 0.3) is 0 Å². The highest BCUT2D eigenvalue weighted by atomic mass is 16.3. The SMILES string of the molecule is CC1CCCN(c2ccnc(CO)c2)C1. The summed E-state index contributed by atoms with van der Waals surface area (Å²) >= 11 is 0. The van der Waals surface area contributed by atoms with E-state index in [9.17, 15) is 0 Å². The number of aliphatic hydroxyl groups excluding tert-OH is 1. The highest BCUT2D eigenvalue weighted by Gasteiger charge is 2.16. The number of anilines is 1. The minimum absolute atomic E-state index is 0.0250. The fourth-order valence-electron chi connectivity index (χ4n) is 2.17. The van der Waals surface area contributed by atoms with E-state index in [4.69, 9.17) is 5.11 Å². The number of aromatic nitrogens is 1. The van der Waals surface area contributed by atoms with Crippen molar-refractivity contribution in [1.82, 2.24) is 4.98 Å². The summed E-state index contributed by atoms with van der Waals surface area (Å²) < 4.78 is 0. The Hall–Kier alpha value is -1.09. The van der Waals surface area contributed by atoms with Crippen molar-refractivity contribution < 1.29 is 5.11 Å². The zero-order valence-electron chi connectivity index (χ0n) is 9.19. The molecule has 3 heteroatoms. The van der Waals surface area contributed by atoms with Gasteiger partial charge in [0.05, 0.1) is 12.3 Å². The van der Waals surface area contributed by atoms with Gasteiger partial charge >= 0.3 is 0 Å². The molecule has 0 aliphatic carbocycles. The summed E-state index contributed by atoms with van der Waals surface area (Å²) in [5.74, 6) is 0.768. The molecule has 2 rings (SSSR count). The van der Waals surface area contributed by atoms with Crippen LogP contribution in [0, 0.1) is 5.92 Å². The van der Waals surface area contributed by atoms with Gasteiger partial charge in [0, 0.05) is 25.0 Å². The second kappa shape index (κ2) is 4.62. The molecular weight excluding hydrogens is 188 g/mol. The summed E-state index contributed by atoms with van der Waals surface area (Å²) in [4.78, 5) is 6.48. The fourth-order valence-corrected chi connectivity index (χ4v) is 2.17. The van der Waals surface area contributed by atoms with Gasteiger partial charge in [-0.05, 0) is 30.9 Å². The minimum atomic E-state index is 0.0250. The summed E-state index contributed by atoms with van der Waals surface area (Å²) in [5.41, 5.74) is 1.95. The quantitative estimate of drug-likeness (QED) is 0.801. The van der Waals surface area contributed by atoms with Gasteiger partial charge in [-0.3, -0.25) is 4.98 Å². The van der Waals surface area contributed by atoms with Crippen molar-refractivity contribution in [2.24, 2.45) is 5.92 Å². The van der Waals surface area contributed by atoms with Crippen LogP contribution in [0.15, 0.2) is 18.3 Å². The Morgan fingerprint density at radius 1 is 1.60 bits per heavy atom. The number of nitrogens with zero attached hydrogens (tertiary/aromatic N) is 2. The Morgan fingerprint density at radius 3 is 3.20 bits per heavy atom. The van der Waals surface area contributed by atoms with Crippen LogP contribution in [0.5, 0.6) is 0 Å². The van der Waals surface area contributed by atoms with Crippen molar-refractivity contribution in [3.8, 4) is 0 Å². The summed E-state index contributed by atoms with van der Waals surface area (Å²) in [5, 5.41) is 9.03. The number of pyridine rings is 1. The van der Waals surface area contributed by atoms with Crippen molar-refractivity contribution >= 4 is 5.69 Å². The van der Waals surface area contributed by atoms with Crippen LogP contribution in [-0.4, -0.2) is 23.2 Å². The number of aliphatic hydroxyl groups is 1. The lowest BCUT2D eigenvalue weighted by atomic mass is 10.00. The summed E-state index contributed by atoms with van der Waals surface area (Å²) in [6.45, 7) is 4.56. The summed E-state index contributed by atoms with van der Waals surface area (Å²) in [6.07, 6.45) is 4.37. The van der Waals surface area contributed by atoms with Crippen molar-refractivity contribution in [2.75, 3.05) is 18.0 Å². The molecule has 1 unspecified atom stereocenters. The summed E-state index contributed by atoms with van der Waals surface area (Å²) in [7, 11) is 0. The lowest BCUT2D eigenvalue weighted by molar-refractivity contribution is 0.277. The Kier molecular flexibility index (Phi) is 3.21. The Bertz CT molecular complexity index is 327. The summed E-state index contributed by atoms with van der Waals surface area (Å²) in [6, 6.07) is 4.01. The number of hydrogen-bond acceptors (Lipinski definition) is 3. The molecular formula is C12H18N2O. The number of rotatable bonds is 2. The highest BCUT2D eigenvalue weighted by Crippen LogP contribution is 2.22. The molecule has 0 bridgehead atoms. The molecule has 1 atom stereocenters. The fraction of sp³-hybridized carbons (Fsp3) is 0.583. The largest absolute Gasteiger partial charge is 0.390 e. The lowest BCUT2D eigenvalue weighted by Gasteiger charge is -2.32. The van der Waals surface area contributed by atoms with Crippen LogP contribution in [-0.2, 0) is 6.61 Å². The molecule has 0 saturated carbocycles. The van der Waals surface area contributed by atoms with Crippen molar-refractivity contribution in [2.45, 2.75) is 26.4 Å². The minimum Gasteiger partial charge on any atom is -0.390 e. The molecule has 0 spiro atoms. The van der Waals surface area contributed by atoms with E-state index >= 15 is 0 Å². The van der Waals surface area contributed by atoms with Gasteiger partial charge in [0.2, 0.25) is 0 Å². The van der Waals surface area contributed by atoms with Gasteiger partial charge in [-0.25, -0.2) is 0 Å². The van der Waals surface area contributed by atoms with E-state index in [2.05, 4.69) is 16.8 Å². The van der Waals surface area contributed by atoms with Gasteiger partial charge in [0.15, 0.2) is 0 Å². The first-order valence-electron chi connectivity index (χ1n) is 5.60. The molecule has 1 aromatic heterocycles. The van der Waals surface area contributed by atoms with Crippen LogP contribution in [0.2, 0.25) is 0 Å². The predicted molar refractivity (Wildman–Crippen MR) is 60.8 cm³/mol. The average molecular weight is 206 g/mol. The van der Waals surface area contributed by atoms with E-state index in [0.29, 0.717) is 0 Å². The van der Waals surface area contributed by atoms with Crippen molar-refractivity contribution in [3.63, 3.8) is 0 Å². The normalized spacial score (nSPS) is 21.7. The predicted octanol–water partition coefficient (Wildman–Crippen LogP) is 1.81. The topological polar surface area (TPSA) is 36.4 Å². The molecule has 2 heterocycles. The number of hydrogen-bond donors (Lipinski definition) is 1. The van der Waals surface area contributed by atoms with Gasteiger partial charge in [-0.15, -0.1) is 0 Å². The van der Waals surface area contributed by atoms with Crippen LogP contribution < -0.4 is 4.90 Å². The van der Waals surface area contributed by atoms with Crippen molar-refractivity contribution in [3.05, 3.63) is 24.0 Å². The van der Waals surface area contributed by atoms with E-state index in [1.54, 1.807) is 6.20 Å². The second-order valence-electron chi connectivity index (χ2n) is 4.36. The molecule has 1 aliphatic rings. The van der Waals surface area contributed by atoms with Gasteiger partial charge in [-0.1, -0.05) is 6.92 Å². The molecule has 1 aliphatic heterocycles. The molecule has 15 heavy (non-hydrogen) atoms. The second-order valence-corrected chi connectivity index (χ2v) is 4.36. The smallest absolute Gasteiger partial charge is 0.0853 e. The standard InChI is InChI=1S/C12H18N2O/c1-10-3-2-6-14(8-10)12-4-5-13-11(7-12)9-15/h4-5,7,10,15H,2-3,6,8-9H2,1H3. The molecule has 0 radical (unpaired) electrons. The first kappa shape index (κ1) is 10.4. The maximum atomic E-state index is 9.03. The maximum Gasteiger partial charge on any atom is 0.0853 e. The Labute approximate surface area is 90.8 Å². The first-order valence-corrected chi connectivity index (χ1v) is 5.60. The van der Waals surface area contributed by atoms with Gasteiger partial charge in [-0.2, -0.15) is 0 Å². The van der Waals surface area contributed by atoms with Crippen molar-refractivity contribution in [1.29, 1.82) is 0 Å². The van der Waals surface area contributed by atoms with E-state index in [-0.39, 0.29) is 6.61 Å². The van der Waals surface area contributed by atoms with Crippen LogP contribution >= 0.6 is 0 Å². The maximum absolute atomic E-state index is 9.03. The Morgan fingerprint density at radius 2 is 2.47 bits per heavy atom. The van der Waals surface area contributed by atoms with E-state index < -0.39 is 0 Å². The third kappa shape index (κ3) is 2.48. The number of piperidine rings is 1. The first-order chi connectivity index (χ1) is 7.29. The van der Waals surface area contributed by atoms with Crippen LogP contribution in [0.3, 0.4) is 0 Å². The Balaban J connectivity index is 2.13. The molecule has 1 saturated heterocycles. The van der Waals surface area contributed by atoms with Gasteiger partial charge < -0.3 is 10.0 Å². The molecule has 0 amide bonds. The molecule has 1 N–H and O–H groups in total. The lowest BCUT2D eigenvalue weighted by Crippen LogP contribution is -2.34. The van der Waals surface area contributed by atoms with E-state index in [0.717, 1.165) is 24.7 Å². The third-order valence-electron chi connectivity index (χ3n) is 2.98. The molecule has 3 nitrogen and oxygen atoms in total. The zero-order chi connectivity index (χ0) is 10.7. The van der Waals surface area contributed by atoms with Crippen LogP contribution in [0.25, 0.3) is 0 Å². The molecule has 0 aromatic carbocycles. The zero-order valence-corrected chi connectivity index (χ0v) is 9.19. The molecule has 1 fully saturated rings. The molecule has 82 valence electrons. The highest BCUT2D eigenvalue weighted by molar-refractivity contribution is 5.46. The third-order valence-corrected chi connectivity index (χ3v) is 2.98. The van der Waals surface area contributed by atoms with E-state index in [1.807, 2.05) is 12.1 Å². The van der Waals surface area contributed by atoms with Crippen LogP contribution in [0.1, 0.15) is 25.5 Å². The van der Waals surface area contributed by atoms with E-state index in [1.165, 1.54) is 18.5 Å². The monoisotopic (exact) mass is 206 g/mol. The van der Waals surface area contributed by atoms with Crippen LogP contribution in [0.4, 0.5) is 5.69 Å². The van der Waals surface area contributed by atoms with Gasteiger partial charge in [0.1, 0.15) is 0 Å².